The Morgan fingerprint density at radius 2 is 1.77 bits per heavy atom. The Morgan fingerprint density at radius 1 is 1.03 bits per heavy atom. The number of pyridine rings is 1. The van der Waals surface area contributed by atoms with Crippen LogP contribution in [0.4, 0.5) is 28.0 Å². The molecule has 0 aliphatic heterocycles. The van der Waals surface area contributed by atoms with Crippen LogP contribution in [0.2, 0.25) is 5.15 Å². The van der Waals surface area contributed by atoms with Gasteiger partial charge in [0.25, 0.3) is 5.91 Å². The predicted octanol–water partition coefficient (Wildman–Crippen LogP) is 4.73. The van der Waals surface area contributed by atoms with Gasteiger partial charge in [-0.15, -0.1) is 13.2 Å². The minimum Gasteiger partial charge on any atom is -0.406 e. The molecule has 3 aromatic rings. The van der Waals surface area contributed by atoms with Gasteiger partial charge in [0.1, 0.15) is 16.7 Å². The molecule has 13 heteroatoms. The fraction of sp³-hybridized carbons (Fsp3) is 0.0909. The molecule has 0 aliphatic carbocycles. The van der Waals surface area contributed by atoms with Gasteiger partial charge >= 0.3 is 12.4 Å². The summed E-state index contributed by atoms with van der Waals surface area (Å²) in [4.78, 5) is 28.4. The molecular formula is C22H16ClF4N5O3. The number of amides is 3. The van der Waals surface area contributed by atoms with Crippen molar-refractivity contribution in [1.29, 1.82) is 0 Å². The van der Waals surface area contributed by atoms with E-state index in [1.165, 1.54) is 48.7 Å². The van der Waals surface area contributed by atoms with Gasteiger partial charge in [-0.3, -0.25) is 4.79 Å². The zero-order valence-corrected chi connectivity index (χ0v) is 18.3. The van der Waals surface area contributed by atoms with Crippen LogP contribution < -0.4 is 20.8 Å². The summed E-state index contributed by atoms with van der Waals surface area (Å²) in [6, 6.07) is 11.8. The second-order valence-corrected chi connectivity index (χ2v) is 7.15. The van der Waals surface area contributed by atoms with E-state index in [0.29, 0.717) is 0 Å². The Morgan fingerprint density at radius 3 is 2.40 bits per heavy atom. The number of rotatable bonds is 7. The van der Waals surface area contributed by atoms with Crippen LogP contribution in [0.3, 0.4) is 0 Å². The molecule has 8 nitrogen and oxygen atoms in total. The smallest absolute Gasteiger partial charge is 0.406 e. The summed E-state index contributed by atoms with van der Waals surface area (Å²) in [5, 5.41) is 9.10. The maximum absolute atomic E-state index is 13.7. The largest absolute Gasteiger partial charge is 0.573 e. The Kier molecular flexibility index (Phi) is 8.21. The lowest BCUT2D eigenvalue weighted by molar-refractivity contribution is -0.274. The third-order valence-electron chi connectivity index (χ3n) is 4.20. The van der Waals surface area contributed by atoms with Gasteiger partial charge < -0.3 is 15.4 Å². The number of hydrazone groups is 1. The maximum atomic E-state index is 13.7. The SMILES string of the molecule is O=C(N/N=C(\CNC(=O)c1ccc(Cl)nc1)c1cccc(F)c1)Nc1ccc(OC(F)(F)F)cc1. The molecule has 0 spiro atoms. The molecule has 1 aromatic heterocycles. The number of carbonyl (C=O) groups is 2. The van der Waals surface area contributed by atoms with Crippen LogP contribution in [0, 0.1) is 5.82 Å². The molecule has 3 amide bonds. The lowest BCUT2D eigenvalue weighted by Gasteiger charge is -2.11. The van der Waals surface area contributed by atoms with Crippen molar-refractivity contribution in [2.45, 2.75) is 6.36 Å². The summed E-state index contributed by atoms with van der Waals surface area (Å²) < 4.78 is 54.2. The van der Waals surface area contributed by atoms with Gasteiger partial charge in [0, 0.05) is 17.4 Å². The van der Waals surface area contributed by atoms with E-state index in [1.54, 1.807) is 0 Å². The summed E-state index contributed by atoms with van der Waals surface area (Å²) in [6.45, 7) is -0.186. The number of ether oxygens (including phenoxy) is 1. The Balaban J connectivity index is 1.67. The molecule has 182 valence electrons. The van der Waals surface area contributed by atoms with Crippen LogP contribution in [0.25, 0.3) is 0 Å². The summed E-state index contributed by atoms with van der Waals surface area (Å²) in [5.41, 5.74) is 2.97. The quantitative estimate of drug-likeness (QED) is 0.185. The highest BCUT2D eigenvalue weighted by atomic mass is 35.5. The average Bonchev–Trinajstić information content (AvgIpc) is 2.79. The van der Waals surface area contributed by atoms with Gasteiger partial charge in [-0.2, -0.15) is 5.10 Å². The van der Waals surface area contributed by atoms with Crippen molar-refractivity contribution in [3.8, 4) is 5.75 Å². The predicted molar refractivity (Wildman–Crippen MR) is 120 cm³/mol. The summed E-state index contributed by atoms with van der Waals surface area (Å²) in [5.74, 6) is -1.53. The van der Waals surface area contributed by atoms with E-state index < -0.39 is 29.9 Å². The fourth-order valence-corrected chi connectivity index (χ4v) is 2.78. The van der Waals surface area contributed by atoms with Gasteiger partial charge in [0.05, 0.1) is 17.8 Å². The zero-order chi connectivity index (χ0) is 25.4. The lowest BCUT2D eigenvalue weighted by Crippen LogP contribution is -2.33. The van der Waals surface area contributed by atoms with Crippen LogP contribution in [0.1, 0.15) is 15.9 Å². The van der Waals surface area contributed by atoms with E-state index in [1.807, 2.05) is 0 Å². The number of hydrogen-bond donors (Lipinski definition) is 3. The summed E-state index contributed by atoms with van der Waals surface area (Å²) >= 11 is 5.71. The highest BCUT2D eigenvalue weighted by Crippen LogP contribution is 2.23. The van der Waals surface area contributed by atoms with E-state index >= 15 is 0 Å². The molecule has 0 bridgehead atoms. The zero-order valence-electron chi connectivity index (χ0n) is 17.6. The molecule has 3 rings (SSSR count). The topological polar surface area (TPSA) is 105 Å². The number of nitrogens with zero attached hydrogens (tertiary/aromatic N) is 2. The first-order valence-electron chi connectivity index (χ1n) is 9.74. The average molecular weight is 510 g/mol. The fourth-order valence-electron chi connectivity index (χ4n) is 2.67. The van der Waals surface area contributed by atoms with E-state index in [9.17, 15) is 27.2 Å². The molecule has 0 fully saturated rings. The van der Waals surface area contributed by atoms with Crippen LogP contribution >= 0.6 is 11.6 Å². The van der Waals surface area contributed by atoms with Crippen molar-refractivity contribution in [2.24, 2.45) is 5.10 Å². The monoisotopic (exact) mass is 509 g/mol. The number of halogens is 5. The van der Waals surface area contributed by atoms with Crippen molar-refractivity contribution in [3.05, 3.63) is 89.0 Å². The van der Waals surface area contributed by atoms with E-state index in [2.05, 4.69) is 30.9 Å². The number of nitrogens with one attached hydrogen (secondary N) is 3. The molecule has 0 aliphatic rings. The second kappa shape index (κ2) is 11.3. The second-order valence-electron chi connectivity index (χ2n) is 6.76. The third kappa shape index (κ3) is 8.27. The van der Waals surface area contributed by atoms with Gasteiger partial charge in [-0.05, 0) is 48.5 Å². The molecular weight excluding hydrogens is 494 g/mol. The van der Waals surface area contributed by atoms with E-state index in [0.717, 1.165) is 18.2 Å². The molecule has 0 atom stereocenters. The van der Waals surface area contributed by atoms with Crippen molar-refractivity contribution in [2.75, 3.05) is 11.9 Å². The summed E-state index contributed by atoms with van der Waals surface area (Å²) in [6.07, 6.45) is -3.57. The third-order valence-corrected chi connectivity index (χ3v) is 4.43. The van der Waals surface area contributed by atoms with Gasteiger partial charge in [0.15, 0.2) is 0 Å². The molecule has 1 heterocycles. The molecule has 0 radical (unpaired) electrons. The first-order valence-corrected chi connectivity index (χ1v) is 10.1. The van der Waals surface area contributed by atoms with E-state index in [-0.39, 0.29) is 34.2 Å². The minimum absolute atomic E-state index is 0.115. The number of aromatic nitrogens is 1. The number of hydrogen-bond acceptors (Lipinski definition) is 5. The lowest BCUT2D eigenvalue weighted by atomic mass is 10.1. The van der Waals surface area contributed by atoms with Crippen molar-refractivity contribution in [1.82, 2.24) is 15.7 Å². The number of benzene rings is 2. The van der Waals surface area contributed by atoms with Crippen LogP contribution in [-0.2, 0) is 0 Å². The number of anilines is 1. The number of carbonyl (C=O) groups excluding carboxylic acids is 2. The first-order chi connectivity index (χ1) is 16.6. The number of alkyl halides is 3. The standard InChI is InChI=1S/C22H16ClF4N5O3/c23-19-9-4-14(11-28-19)20(33)29-12-18(13-2-1-3-15(24)10-13)31-32-21(34)30-16-5-7-17(8-6-16)35-22(25,26)27/h1-11H,12H2,(H,29,33)(H2,30,32,34)/b31-18+. The highest BCUT2D eigenvalue weighted by Gasteiger charge is 2.30. The first kappa shape index (κ1) is 25.4. The number of urea groups is 1. The molecule has 0 saturated carbocycles. The molecule has 2 aromatic carbocycles. The highest BCUT2D eigenvalue weighted by molar-refractivity contribution is 6.29. The van der Waals surface area contributed by atoms with E-state index in [4.69, 9.17) is 11.6 Å². The molecule has 0 unspecified atom stereocenters. The Hall–Kier alpha value is -4.19. The van der Waals surface area contributed by atoms with Gasteiger partial charge in [-0.1, -0.05) is 23.7 Å². The van der Waals surface area contributed by atoms with Crippen molar-refractivity contribution in [3.63, 3.8) is 0 Å². The van der Waals surface area contributed by atoms with Gasteiger partial charge in [0.2, 0.25) is 0 Å². The van der Waals surface area contributed by atoms with Crippen molar-refractivity contribution < 1.29 is 31.9 Å². The summed E-state index contributed by atoms with van der Waals surface area (Å²) in [7, 11) is 0. The maximum Gasteiger partial charge on any atom is 0.573 e. The normalized spacial score (nSPS) is 11.5. The van der Waals surface area contributed by atoms with Crippen LogP contribution in [0.15, 0.2) is 72.0 Å². The molecule has 0 saturated heterocycles. The minimum atomic E-state index is -4.84. The van der Waals surface area contributed by atoms with Crippen LogP contribution in [-0.4, -0.2) is 35.5 Å². The van der Waals surface area contributed by atoms with Gasteiger partial charge in [-0.25, -0.2) is 19.6 Å². The molecule has 3 N–H and O–H groups in total. The Bertz CT molecular complexity index is 1220. The molecule has 35 heavy (non-hydrogen) atoms. The Labute approximate surface area is 201 Å². The van der Waals surface area contributed by atoms with Crippen LogP contribution in [0.5, 0.6) is 5.75 Å². The van der Waals surface area contributed by atoms with Crippen molar-refractivity contribution >= 4 is 34.9 Å².